The average Bonchev–Trinajstić information content (AvgIpc) is 2.78. The molecule has 0 saturated heterocycles. The molecule has 2 rings (SSSR count). The lowest BCUT2D eigenvalue weighted by atomic mass is 9.66. The highest BCUT2D eigenvalue weighted by Crippen LogP contribution is 2.60. The van der Waals surface area contributed by atoms with Gasteiger partial charge in [-0.05, 0) is 55.8 Å². The van der Waals surface area contributed by atoms with Crippen molar-refractivity contribution in [3.05, 3.63) is 0 Å². The molecular weight excluding hydrogens is 200 g/mol. The summed E-state index contributed by atoms with van der Waals surface area (Å²) in [4.78, 5) is 0. The fourth-order valence-electron chi connectivity index (χ4n) is 3.96. The van der Waals surface area contributed by atoms with Crippen LogP contribution in [0.5, 0.6) is 0 Å². The van der Waals surface area contributed by atoms with Crippen LogP contribution in [0.3, 0.4) is 0 Å². The zero-order valence-electron chi connectivity index (χ0n) is 10.9. The first kappa shape index (κ1) is 12.4. The Kier molecular flexibility index (Phi) is 3.60. The van der Waals surface area contributed by atoms with E-state index in [1.165, 1.54) is 25.7 Å². The number of rotatable bonds is 5. The van der Waals surface area contributed by atoms with Crippen LogP contribution in [0, 0.1) is 23.2 Å². The van der Waals surface area contributed by atoms with E-state index in [2.05, 4.69) is 13.8 Å². The fraction of sp³-hybridized carbons (Fsp3) is 1.00. The predicted molar refractivity (Wildman–Crippen MR) is 65.2 cm³/mol. The van der Waals surface area contributed by atoms with Crippen LogP contribution in [-0.4, -0.2) is 24.4 Å². The van der Waals surface area contributed by atoms with Gasteiger partial charge in [-0.1, -0.05) is 13.8 Å². The van der Waals surface area contributed by atoms with Gasteiger partial charge in [0.25, 0.3) is 0 Å². The summed E-state index contributed by atoms with van der Waals surface area (Å²) >= 11 is 0. The number of ether oxygens (including phenoxy) is 1. The van der Waals surface area contributed by atoms with Crippen LogP contribution >= 0.6 is 0 Å². The molecule has 2 nitrogen and oxygen atoms in total. The van der Waals surface area contributed by atoms with E-state index in [0.717, 1.165) is 24.4 Å². The summed E-state index contributed by atoms with van der Waals surface area (Å²) < 4.78 is 5.53. The Hall–Kier alpha value is -0.0800. The van der Waals surface area contributed by atoms with Gasteiger partial charge >= 0.3 is 0 Å². The first-order chi connectivity index (χ1) is 7.54. The zero-order valence-corrected chi connectivity index (χ0v) is 10.9. The third-order valence-electron chi connectivity index (χ3n) is 5.30. The van der Waals surface area contributed by atoms with Crippen molar-refractivity contribution >= 4 is 0 Å². The standard InChI is InChI=1S/C14H26O2/c1-10(15)9-16-7-6-14(3)11(2)12-4-5-13(14)8-12/h10-13,15H,4-9H2,1-3H3. The third-order valence-corrected chi connectivity index (χ3v) is 5.30. The quantitative estimate of drug-likeness (QED) is 0.730. The van der Waals surface area contributed by atoms with Crippen molar-refractivity contribution in [3.8, 4) is 0 Å². The monoisotopic (exact) mass is 226 g/mol. The van der Waals surface area contributed by atoms with Gasteiger partial charge < -0.3 is 9.84 Å². The Morgan fingerprint density at radius 2 is 2.19 bits per heavy atom. The normalized spacial score (nSPS) is 43.9. The Labute approximate surface area is 99.4 Å². The summed E-state index contributed by atoms with van der Waals surface area (Å²) in [6, 6.07) is 0. The van der Waals surface area contributed by atoms with Crippen molar-refractivity contribution in [2.24, 2.45) is 23.2 Å². The summed E-state index contributed by atoms with van der Waals surface area (Å²) in [5.41, 5.74) is 0.502. The molecule has 5 unspecified atom stereocenters. The van der Waals surface area contributed by atoms with Gasteiger partial charge in [0.05, 0.1) is 12.7 Å². The second-order valence-corrected chi connectivity index (χ2v) is 6.24. The molecule has 94 valence electrons. The minimum atomic E-state index is -0.328. The van der Waals surface area contributed by atoms with Crippen molar-refractivity contribution in [2.45, 2.75) is 52.6 Å². The lowest BCUT2D eigenvalue weighted by molar-refractivity contribution is 0.0100. The highest BCUT2D eigenvalue weighted by atomic mass is 16.5. The summed E-state index contributed by atoms with van der Waals surface area (Å²) in [6.07, 6.45) is 5.18. The third kappa shape index (κ3) is 2.14. The second kappa shape index (κ2) is 4.66. The Morgan fingerprint density at radius 1 is 1.44 bits per heavy atom. The maximum absolute atomic E-state index is 9.14. The van der Waals surface area contributed by atoms with Gasteiger partial charge in [-0.3, -0.25) is 0 Å². The van der Waals surface area contributed by atoms with Crippen molar-refractivity contribution < 1.29 is 9.84 Å². The summed E-state index contributed by atoms with van der Waals surface area (Å²) in [5.74, 6) is 2.77. The molecule has 2 aliphatic carbocycles. The van der Waals surface area contributed by atoms with E-state index in [-0.39, 0.29) is 6.10 Å². The number of hydrogen-bond donors (Lipinski definition) is 1. The molecule has 2 heteroatoms. The van der Waals surface area contributed by atoms with Crippen molar-refractivity contribution in [3.63, 3.8) is 0 Å². The zero-order chi connectivity index (χ0) is 11.8. The Bertz CT molecular complexity index is 235. The fourth-order valence-corrected chi connectivity index (χ4v) is 3.96. The lowest BCUT2D eigenvalue weighted by Crippen LogP contribution is -2.33. The van der Waals surface area contributed by atoms with Gasteiger partial charge in [-0.2, -0.15) is 0 Å². The molecule has 2 aliphatic rings. The summed E-state index contributed by atoms with van der Waals surface area (Å²) in [7, 11) is 0. The summed E-state index contributed by atoms with van der Waals surface area (Å²) in [5, 5.41) is 9.14. The van der Waals surface area contributed by atoms with Crippen LogP contribution in [0.25, 0.3) is 0 Å². The maximum atomic E-state index is 9.14. The minimum absolute atomic E-state index is 0.328. The molecule has 0 aromatic carbocycles. The first-order valence-corrected chi connectivity index (χ1v) is 6.80. The van der Waals surface area contributed by atoms with Crippen LogP contribution in [0.1, 0.15) is 46.5 Å². The molecule has 2 saturated carbocycles. The molecule has 0 spiro atoms. The lowest BCUT2D eigenvalue weighted by Gasteiger charge is -2.39. The molecule has 1 N–H and O–H groups in total. The number of aliphatic hydroxyl groups is 1. The van der Waals surface area contributed by atoms with Crippen LogP contribution in [0.4, 0.5) is 0 Å². The summed E-state index contributed by atoms with van der Waals surface area (Å²) in [6.45, 7) is 7.96. The van der Waals surface area contributed by atoms with Gasteiger partial charge in [0.2, 0.25) is 0 Å². The van der Waals surface area contributed by atoms with E-state index in [0.29, 0.717) is 12.0 Å². The van der Waals surface area contributed by atoms with E-state index in [9.17, 15) is 0 Å². The number of aliphatic hydroxyl groups excluding tert-OH is 1. The van der Waals surface area contributed by atoms with Gasteiger partial charge in [0.15, 0.2) is 0 Å². The molecule has 0 heterocycles. The maximum Gasteiger partial charge on any atom is 0.0745 e. The minimum Gasteiger partial charge on any atom is -0.391 e. The van der Waals surface area contributed by atoms with Crippen molar-refractivity contribution in [1.82, 2.24) is 0 Å². The smallest absolute Gasteiger partial charge is 0.0745 e. The van der Waals surface area contributed by atoms with Crippen molar-refractivity contribution in [2.75, 3.05) is 13.2 Å². The molecular formula is C14H26O2. The average molecular weight is 226 g/mol. The van der Waals surface area contributed by atoms with E-state index in [1.54, 1.807) is 6.92 Å². The van der Waals surface area contributed by atoms with Crippen LogP contribution in [-0.2, 0) is 4.74 Å². The molecule has 0 aliphatic heterocycles. The van der Waals surface area contributed by atoms with Crippen LogP contribution < -0.4 is 0 Å². The Balaban J connectivity index is 1.80. The van der Waals surface area contributed by atoms with Crippen LogP contribution in [0.15, 0.2) is 0 Å². The number of hydrogen-bond acceptors (Lipinski definition) is 2. The number of fused-ring (bicyclic) bond motifs is 2. The van der Waals surface area contributed by atoms with E-state index >= 15 is 0 Å². The molecule has 16 heavy (non-hydrogen) atoms. The van der Waals surface area contributed by atoms with E-state index in [1.807, 2.05) is 0 Å². The molecule has 2 bridgehead atoms. The predicted octanol–water partition coefficient (Wildman–Crippen LogP) is 2.85. The topological polar surface area (TPSA) is 29.5 Å². The second-order valence-electron chi connectivity index (χ2n) is 6.24. The first-order valence-electron chi connectivity index (χ1n) is 6.80. The van der Waals surface area contributed by atoms with Gasteiger partial charge in [0, 0.05) is 6.61 Å². The molecule has 0 radical (unpaired) electrons. The molecule has 0 aromatic heterocycles. The van der Waals surface area contributed by atoms with Crippen LogP contribution in [0.2, 0.25) is 0 Å². The highest BCUT2D eigenvalue weighted by Gasteiger charge is 2.52. The van der Waals surface area contributed by atoms with Gasteiger partial charge in [0.1, 0.15) is 0 Å². The molecule has 0 aromatic rings. The highest BCUT2D eigenvalue weighted by molar-refractivity contribution is 5.01. The molecule has 0 amide bonds. The molecule has 2 fully saturated rings. The van der Waals surface area contributed by atoms with Crippen molar-refractivity contribution in [1.29, 1.82) is 0 Å². The van der Waals surface area contributed by atoms with E-state index < -0.39 is 0 Å². The SMILES string of the molecule is CC(O)COCCC1(C)C2CCC(C2)C1C. The van der Waals surface area contributed by atoms with Gasteiger partial charge in [-0.15, -0.1) is 0 Å². The van der Waals surface area contributed by atoms with E-state index in [4.69, 9.17) is 9.84 Å². The Morgan fingerprint density at radius 3 is 2.75 bits per heavy atom. The van der Waals surface area contributed by atoms with Gasteiger partial charge in [-0.25, -0.2) is 0 Å². The molecule has 5 atom stereocenters. The largest absolute Gasteiger partial charge is 0.391 e.